The predicted octanol–water partition coefficient (Wildman–Crippen LogP) is 6.59. The van der Waals surface area contributed by atoms with E-state index in [1.807, 2.05) is 55.5 Å². The van der Waals surface area contributed by atoms with Crippen molar-refractivity contribution in [3.8, 4) is 5.69 Å². The quantitative estimate of drug-likeness (QED) is 0.357. The summed E-state index contributed by atoms with van der Waals surface area (Å²) in [4.78, 5) is 26.3. The van der Waals surface area contributed by atoms with Crippen LogP contribution in [0.15, 0.2) is 54.6 Å². The van der Waals surface area contributed by atoms with Crippen molar-refractivity contribution in [3.63, 3.8) is 0 Å². The van der Waals surface area contributed by atoms with Crippen molar-refractivity contribution in [3.05, 3.63) is 71.4 Å². The van der Waals surface area contributed by atoms with E-state index in [-0.39, 0.29) is 23.5 Å². The monoisotopic (exact) mass is 515 g/mol. The van der Waals surface area contributed by atoms with E-state index >= 15 is 0 Å². The van der Waals surface area contributed by atoms with Gasteiger partial charge in [0.05, 0.1) is 11.4 Å². The molecule has 3 heterocycles. The van der Waals surface area contributed by atoms with Gasteiger partial charge < -0.3 is 15.3 Å². The number of urea groups is 1. The Labute approximate surface area is 224 Å². The van der Waals surface area contributed by atoms with E-state index in [0.717, 1.165) is 60.3 Å². The van der Waals surface area contributed by atoms with Crippen LogP contribution < -0.4 is 10.6 Å². The van der Waals surface area contributed by atoms with Crippen molar-refractivity contribution in [2.24, 2.45) is 5.92 Å². The van der Waals surface area contributed by atoms with Gasteiger partial charge in [-0.1, -0.05) is 50.6 Å². The van der Waals surface area contributed by atoms with Gasteiger partial charge in [0, 0.05) is 29.3 Å². The summed E-state index contributed by atoms with van der Waals surface area (Å²) in [6.45, 7) is 8.33. The lowest BCUT2D eigenvalue weighted by molar-refractivity contribution is 0.0850. The van der Waals surface area contributed by atoms with Gasteiger partial charge in [0.25, 0.3) is 0 Å². The Balaban J connectivity index is 1.27. The normalized spacial score (nSPS) is 20.8. The second kappa shape index (κ2) is 10.2. The molecule has 8 heteroatoms. The van der Waals surface area contributed by atoms with Crippen LogP contribution in [0.5, 0.6) is 0 Å². The minimum absolute atomic E-state index is 0.139. The Bertz CT molecular complexity index is 1310. The molecule has 3 atom stereocenters. The third kappa shape index (κ3) is 5.54. The van der Waals surface area contributed by atoms with Crippen molar-refractivity contribution in [2.45, 2.75) is 77.3 Å². The third-order valence-electron chi connectivity index (χ3n) is 7.76. The highest BCUT2D eigenvalue weighted by molar-refractivity contribution is 5.99. The Hall–Kier alpha value is -3.81. The summed E-state index contributed by atoms with van der Waals surface area (Å²) in [6.07, 6.45) is 3.83. The maximum absolute atomic E-state index is 13.0. The lowest BCUT2D eigenvalue weighted by Gasteiger charge is -2.37. The number of hydrogen-bond acceptors (Lipinski definition) is 3. The van der Waals surface area contributed by atoms with Crippen LogP contribution >= 0.6 is 0 Å². The number of carbonyl (C=O) groups is 2. The number of piperidine rings is 1. The van der Waals surface area contributed by atoms with Crippen molar-refractivity contribution < 1.29 is 14.7 Å². The predicted molar refractivity (Wildman–Crippen MR) is 149 cm³/mol. The first kappa shape index (κ1) is 25.8. The van der Waals surface area contributed by atoms with Gasteiger partial charge in [-0.3, -0.25) is 5.32 Å². The van der Waals surface area contributed by atoms with Crippen molar-refractivity contribution in [1.29, 1.82) is 0 Å². The Morgan fingerprint density at radius 2 is 1.68 bits per heavy atom. The molecule has 0 spiro atoms. The fraction of sp³-hybridized carbons (Fsp3) is 0.433. The molecule has 2 fully saturated rings. The number of aryl methyl sites for hydroxylation is 1. The molecule has 38 heavy (non-hydrogen) atoms. The number of aromatic nitrogens is 2. The second-order valence-corrected chi connectivity index (χ2v) is 11.8. The van der Waals surface area contributed by atoms with E-state index in [1.165, 1.54) is 0 Å². The minimum atomic E-state index is -0.786. The second-order valence-electron chi connectivity index (χ2n) is 11.8. The van der Waals surface area contributed by atoms with Gasteiger partial charge in [0.15, 0.2) is 0 Å². The lowest BCUT2D eigenvalue weighted by Crippen LogP contribution is -2.46. The first-order valence-corrected chi connectivity index (χ1v) is 13.4. The SMILES string of the molecule is Cc1ccc(-n2nc(C(C)(C)C)cc2NC(=O)Nc2cccc(C[C@H]3C[C@H]4CC[C@@H](C3)N4C(=O)O)c2)cc1. The van der Waals surface area contributed by atoms with Gasteiger partial charge in [-0.25, -0.2) is 14.3 Å². The zero-order chi connectivity index (χ0) is 27.0. The van der Waals surface area contributed by atoms with Crippen LogP contribution in [0.2, 0.25) is 0 Å². The highest BCUT2D eigenvalue weighted by Gasteiger charge is 2.43. The molecule has 3 N–H and O–H groups in total. The van der Waals surface area contributed by atoms with Gasteiger partial charge in [-0.15, -0.1) is 0 Å². The molecule has 3 amide bonds. The average Bonchev–Trinajstić information content (AvgIpc) is 3.39. The molecule has 0 aliphatic carbocycles. The van der Waals surface area contributed by atoms with E-state index in [2.05, 4.69) is 37.5 Å². The molecule has 0 radical (unpaired) electrons. The summed E-state index contributed by atoms with van der Waals surface area (Å²) in [5, 5.41) is 20.3. The van der Waals surface area contributed by atoms with Gasteiger partial charge in [0.2, 0.25) is 0 Å². The van der Waals surface area contributed by atoms with E-state index < -0.39 is 6.09 Å². The van der Waals surface area contributed by atoms with Crippen molar-refractivity contribution in [2.75, 3.05) is 10.6 Å². The molecule has 2 saturated heterocycles. The highest BCUT2D eigenvalue weighted by Crippen LogP contribution is 2.40. The maximum Gasteiger partial charge on any atom is 0.407 e. The topological polar surface area (TPSA) is 99.5 Å². The summed E-state index contributed by atoms with van der Waals surface area (Å²) in [7, 11) is 0. The summed E-state index contributed by atoms with van der Waals surface area (Å²) in [5.41, 5.74) is 4.63. The fourth-order valence-electron chi connectivity index (χ4n) is 5.88. The third-order valence-corrected chi connectivity index (χ3v) is 7.76. The number of rotatable bonds is 5. The zero-order valence-corrected chi connectivity index (χ0v) is 22.6. The molecule has 0 unspecified atom stereocenters. The van der Waals surface area contributed by atoms with Crippen LogP contribution in [0.3, 0.4) is 0 Å². The molecule has 1 aromatic heterocycles. The lowest BCUT2D eigenvalue weighted by atomic mass is 9.86. The number of carbonyl (C=O) groups excluding carboxylic acids is 1. The summed E-state index contributed by atoms with van der Waals surface area (Å²) in [6, 6.07) is 17.9. The van der Waals surface area contributed by atoms with Crippen molar-refractivity contribution >= 4 is 23.6 Å². The Morgan fingerprint density at radius 3 is 2.32 bits per heavy atom. The van der Waals surface area contributed by atoms with Gasteiger partial charge in [-0.2, -0.15) is 5.10 Å². The van der Waals surface area contributed by atoms with E-state index in [1.54, 1.807) is 9.58 Å². The number of benzene rings is 2. The number of nitrogens with zero attached hydrogens (tertiary/aromatic N) is 3. The molecule has 200 valence electrons. The van der Waals surface area contributed by atoms with Crippen LogP contribution in [0, 0.1) is 12.8 Å². The van der Waals surface area contributed by atoms with E-state index in [0.29, 0.717) is 11.7 Å². The van der Waals surface area contributed by atoms with Crippen LogP contribution in [0.1, 0.15) is 63.3 Å². The molecule has 0 saturated carbocycles. The number of carboxylic acid groups (broad SMARTS) is 1. The maximum atomic E-state index is 13.0. The first-order chi connectivity index (χ1) is 18.1. The molecular weight excluding hydrogens is 478 g/mol. The number of fused-ring (bicyclic) bond motifs is 2. The average molecular weight is 516 g/mol. The van der Waals surface area contributed by atoms with Crippen LogP contribution in [0.25, 0.3) is 5.69 Å². The van der Waals surface area contributed by atoms with E-state index in [4.69, 9.17) is 5.10 Å². The van der Waals surface area contributed by atoms with Crippen LogP contribution in [-0.2, 0) is 11.8 Å². The molecule has 2 aliphatic rings. The Kier molecular flexibility index (Phi) is 6.90. The largest absolute Gasteiger partial charge is 0.465 e. The highest BCUT2D eigenvalue weighted by atomic mass is 16.4. The summed E-state index contributed by atoms with van der Waals surface area (Å²) >= 11 is 0. The first-order valence-electron chi connectivity index (χ1n) is 13.4. The number of anilines is 2. The standard InChI is InChI=1S/C30H37N5O3/c1-19-8-10-23(11-9-19)35-27(18-26(33-35)30(2,3)4)32-28(36)31-22-7-5-6-20(15-22)14-21-16-24-12-13-25(17-21)34(24)29(37)38/h5-11,15,18,21,24-25H,12-14,16-17H2,1-4H3,(H,37,38)(H2,31,32,36)/t21-,24+,25-. The van der Waals surface area contributed by atoms with Gasteiger partial charge in [-0.05, 0) is 74.8 Å². The summed E-state index contributed by atoms with van der Waals surface area (Å²) in [5.74, 6) is 1.06. The number of amides is 3. The molecule has 2 aromatic carbocycles. The molecule has 5 rings (SSSR count). The molecule has 3 aromatic rings. The molecule has 2 aliphatic heterocycles. The smallest absolute Gasteiger partial charge is 0.407 e. The van der Waals surface area contributed by atoms with Gasteiger partial charge in [0.1, 0.15) is 5.82 Å². The molecule has 2 bridgehead atoms. The van der Waals surface area contributed by atoms with Crippen LogP contribution in [-0.4, -0.2) is 44.0 Å². The Morgan fingerprint density at radius 1 is 1.00 bits per heavy atom. The number of hydrogen-bond donors (Lipinski definition) is 3. The van der Waals surface area contributed by atoms with Crippen LogP contribution in [0.4, 0.5) is 21.1 Å². The molecule has 8 nitrogen and oxygen atoms in total. The van der Waals surface area contributed by atoms with Crippen molar-refractivity contribution in [1.82, 2.24) is 14.7 Å². The minimum Gasteiger partial charge on any atom is -0.465 e. The zero-order valence-electron chi connectivity index (χ0n) is 22.6. The number of nitrogens with one attached hydrogen (secondary N) is 2. The fourth-order valence-corrected chi connectivity index (χ4v) is 5.88. The van der Waals surface area contributed by atoms with Gasteiger partial charge >= 0.3 is 12.1 Å². The molecular formula is C30H37N5O3. The van der Waals surface area contributed by atoms with E-state index in [9.17, 15) is 14.7 Å². The summed E-state index contributed by atoms with van der Waals surface area (Å²) < 4.78 is 1.77.